The van der Waals surface area contributed by atoms with Gasteiger partial charge in [-0.2, -0.15) is 0 Å². The number of fused-ring (bicyclic) bond motifs is 1. The Balaban J connectivity index is 2.02. The van der Waals surface area contributed by atoms with Crippen molar-refractivity contribution in [1.29, 1.82) is 0 Å². The highest BCUT2D eigenvalue weighted by molar-refractivity contribution is 7.80. The van der Waals surface area contributed by atoms with Crippen molar-refractivity contribution in [1.82, 2.24) is 4.98 Å². The number of nitrogens with one attached hydrogen (secondary N) is 1. The Labute approximate surface area is 130 Å². The van der Waals surface area contributed by atoms with Crippen LogP contribution >= 0.6 is 35.2 Å². The van der Waals surface area contributed by atoms with Crippen LogP contribution in [0.1, 0.15) is 5.56 Å². The summed E-state index contributed by atoms with van der Waals surface area (Å²) in [6.07, 6.45) is 0. The summed E-state index contributed by atoms with van der Waals surface area (Å²) in [5, 5.41) is 3.85. The lowest BCUT2D eigenvalue weighted by Crippen LogP contribution is -2.12. The molecule has 0 saturated carbocycles. The summed E-state index contributed by atoms with van der Waals surface area (Å²) in [6, 6.07) is 11.5. The van der Waals surface area contributed by atoms with E-state index in [0.29, 0.717) is 10.6 Å². The Kier molecular flexibility index (Phi) is 3.56. The van der Waals surface area contributed by atoms with Crippen molar-refractivity contribution < 1.29 is 0 Å². The molecule has 0 saturated heterocycles. The minimum Gasteiger partial charge on any atom is -0.389 e. The lowest BCUT2D eigenvalue weighted by Gasteiger charge is -2.12. The lowest BCUT2D eigenvalue weighted by molar-refractivity contribution is 1.49. The number of hydrogen-bond donors (Lipinski definition) is 2. The fraction of sp³-hybridized carbons (Fsp3) is 0. The quantitative estimate of drug-likeness (QED) is 0.706. The van der Waals surface area contributed by atoms with Gasteiger partial charge in [0.15, 0.2) is 0 Å². The van der Waals surface area contributed by atoms with E-state index in [1.807, 2.05) is 35.8 Å². The van der Waals surface area contributed by atoms with Crippen molar-refractivity contribution in [2.75, 3.05) is 5.32 Å². The Hall–Kier alpha value is -1.69. The number of thiocarbonyl (C=S) groups is 1. The third kappa shape index (κ3) is 2.47. The predicted octanol–water partition coefficient (Wildman–Crippen LogP) is 4.33. The number of nitrogens with zero attached hydrogens (tertiary/aromatic N) is 1. The number of aromatic nitrogens is 1. The van der Waals surface area contributed by atoms with Crippen molar-refractivity contribution in [2.24, 2.45) is 5.73 Å². The van der Waals surface area contributed by atoms with Crippen molar-refractivity contribution in [2.45, 2.75) is 0 Å². The second-order valence-corrected chi connectivity index (χ2v) is 5.92. The van der Waals surface area contributed by atoms with E-state index in [1.165, 1.54) is 0 Å². The normalized spacial score (nSPS) is 10.7. The first-order valence-corrected chi connectivity index (χ1v) is 7.50. The summed E-state index contributed by atoms with van der Waals surface area (Å²) in [5.74, 6) is 0. The summed E-state index contributed by atoms with van der Waals surface area (Å²) in [5.41, 5.74) is 11.0. The molecule has 1 heterocycles. The summed E-state index contributed by atoms with van der Waals surface area (Å²) in [4.78, 5) is 4.53. The van der Waals surface area contributed by atoms with E-state index in [4.69, 9.17) is 29.6 Å². The molecule has 3 N–H and O–H groups in total. The highest BCUT2D eigenvalue weighted by Gasteiger charge is 2.10. The Morgan fingerprint density at radius 3 is 2.95 bits per heavy atom. The van der Waals surface area contributed by atoms with Crippen molar-refractivity contribution in [3.8, 4) is 0 Å². The molecule has 0 fully saturated rings. The van der Waals surface area contributed by atoms with Gasteiger partial charge in [-0.3, -0.25) is 0 Å². The van der Waals surface area contributed by atoms with Crippen LogP contribution < -0.4 is 11.1 Å². The zero-order valence-electron chi connectivity index (χ0n) is 10.3. The van der Waals surface area contributed by atoms with Crippen LogP contribution in [0.15, 0.2) is 41.9 Å². The lowest BCUT2D eigenvalue weighted by atomic mass is 10.1. The topological polar surface area (TPSA) is 50.9 Å². The van der Waals surface area contributed by atoms with Gasteiger partial charge in [-0.15, -0.1) is 11.3 Å². The second-order valence-electron chi connectivity index (χ2n) is 4.19. The molecule has 0 aliphatic rings. The monoisotopic (exact) mass is 319 g/mol. The molecule has 2 aromatic carbocycles. The van der Waals surface area contributed by atoms with Gasteiger partial charge < -0.3 is 11.1 Å². The Bertz CT molecular complexity index is 798. The first-order chi connectivity index (χ1) is 9.65. The van der Waals surface area contributed by atoms with E-state index in [9.17, 15) is 0 Å². The van der Waals surface area contributed by atoms with Crippen LogP contribution in [0.3, 0.4) is 0 Å². The van der Waals surface area contributed by atoms with Crippen molar-refractivity contribution in [3.05, 3.63) is 52.5 Å². The van der Waals surface area contributed by atoms with Crippen LogP contribution in [0.5, 0.6) is 0 Å². The molecule has 0 spiro atoms. The molecule has 3 aromatic rings. The number of anilines is 2. The summed E-state index contributed by atoms with van der Waals surface area (Å²) in [7, 11) is 0. The number of halogens is 1. The summed E-state index contributed by atoms with van der Waals surface area (Å²) < 4.78 is 1.12. The van der Waals surface area contributed by atoms with E-state index in [2.05, 4.69) is 10.3 Å². The minimum absolute atomic E-state index is 0.275. The van der Waals surface area contributed by atoms with Gasteiger partial charge in [-0.1, -0.05) is 29.9 Å². The average molecular weight is 320 g/mol. The van der Waals surface area contributed by atoms with Gasteiger partial charge in [0, 0.05) is 5.69 Å². The third-order valence-corrected chi connectivity index (χ3v) is 4.18. The fourth-order valence-corrected chi connectivity index (χ4v) is 3.24. The van der Waals surface area contributed by atoms with Gasteiger partial charge >= 0.3 is 0 Å². The van der Waals surface area contributed by atoms with Gasteiger partial charge in [0.05, 0.1) is 32.0 Å². The molecule has 6 heteroatoms. The molecule has 0 amide bonds. The standard InChI is InChI=1S/C14H10ClN3S2/c15-9-2-1-3-11(13(9)14(16)19)18-8-4-5-10-12(6-8)20-7-17-10/h1-7,18H,(H2,16,19). The van der Waals surface area contributed by atoms with Gasteiger partial charge in [0.1, 0.15) is 4.99 Å². The number of rotatable bonds is 3. The predicted molar refractivity (Wildman–Crippen MR) is 90.2 cm³/mol. The van der Waals surface area contributed by atoms with E-state index in [-0.39, 0.29) is 4.99 Å². The van der Waals surface area contributed by atoms with Gasteiger partial charge in [0.2, 0.25) is 0 Å². The molecule has 0 atom stereocenters. The summed E-state index contributed by atoms with van der Waals surface area (Å²) >= 11 is 12.8. The van der Waals surface area contributed by atoms with Gasteiger partial charge in [0.25, 0.3) is 0 Å². The third-order valence-electron chi connectivity index (χ3n) is 2.87. The molecule has 20 heavy (non-hydrogen) atoms. The maximum atomic E-state index is 6.15. The van der Waals surface area contributed by atoms with Crippen molar-refractivity contribution >= 4 is 61.7 Å². The molecule has 100 valence electrons. The molecule has 3 nitrogen and oxygen atoms in total. The molecule has 0 aliphatic carbocycles. The van der Waals surface area contributed by atoms with Crippen LogP contribution in [0.4, 0.5) is 11.4 Å². The van der Waals surface area contributed by atoms with Gasteiger partial charge in [-0.25, -0.2) is 4.98 Å². The molecular weight excluding hydrogens is 310 g/mol. The molecule has 0 radical (unpaired) electrons. The molecule has 1 aromatic heterocycles. The number of nitrogens with two attached hydrogens (primary N) is 1. The maximum absolute atomic E-state index is 6.15. The Morgan fingerprint density at radius 2 is 2.15 bits per heavy atom. The number of hydrogen-bond acceptors (Lipinski definition) is 4. The number of benzene rings is 2. The van der Waals surface area contributed by atoms with Crippen LogP contribution in [0.25, 0.3) is 10.2 Å². The SMILES string of the molecule is NC(=S)c1c(Cl)cccc1Nc1ccc2ncsc2c1. The Morgan fingerprint density at radius 1 is 1.30 bits per heavy atom. The van der Waals surface area contributed by atoms with E-state index in [1.54, 1.807) is 17.4 Å². The van der Waals surface area contributed by atoms with E-state index in [0.717, 1.165) is 21.6 Å². The van der Waals surface area contributed by atoms with Gasteiger partial charge in [-0.05, 0) is 30.3 Å². The smallest absolute Gasteiger partial charge is 0.107 e. The molecular formula is C14H10ClN3S2. The molecule has 3 rings (SSSR count). The van der Waals surface area contributed by atoms with Crippen LogP contribution in [-0.2, 0) is 0 Å². The highest BCUT2D eigenvalue weighted by Crippen LogP contribution is 2.29. The molecule has 0 aliphatic heterocycles. The molecule has 0 unspecified atom stereocenters. The zero-order chi connectivity index (χ0) is 14.1. The average Bonchev–Trinajstić information content (AvgIpc) is 2.85. The summed E-state index contributed by atoms with van der Waals surface area (Å²) in [6.45, 7) is 0. The fourth-order valence-electron chi connectivity index (χ4n) is 1.97. The molecule has 0 bridgehead atoms. The minimum atomic E-state index is 0.275. The van der Waals surface area contributed by atoms with Crippen LogP contribution in [0.2, 0.25) is 5.02 Å². The van der Waals surface area contributed by atoms with E-state index >= 15 is 0 Å². The first kappa shape index (κ1) is 13.3. The second kappa shape index (κ2) is 5.36. The van der Waals surface area contributed by atoms with Crippen LogP contribution in [0, 0.1) is 0 Å². The van der Waals surface area contributed by atoms with Crippen molar-refractivity contribution in [3.63, 3.8) is 0 Å². The zero-order valence-corrected chi connectivity index (χ0v) is 12.6. The number of thiazole rings is 1. The largest absolute Gasteiger partial charge is 0.389 e. The maximum Gasteiger partial charge on any atom is 0.107 e. The highest BCUT2D eigenvalue weighted by atomic mass is 35.5. The van der Waals surface area contributed by atoms with E-state index < -0.39 is 0 Å². The first-order valence-electron chi connectivity index (χ1n) is 5.84. The van der Waals surface area contributed by atoms with Crippen LogP contribution in [-0.4, -0.2) is 9.97 Å².